The standard InChI is InChI=1S/C22H25ClN2O3/c1-5-18-13-24(21(26)16-7-9-17(23)10-8-16)19-11-14(3)15(4)12-20(19)25(18)22(27)28-6-2/h7-12,18H,5-6,13H2,1-4H3. The Morgan fingerprint density at radius 1 is 1.07 bits per heavy atom. The molecule has 5 nitrogen and oxygen atoms in total. The molecule has 1 unspecified atom stereocenters. The lowest BCUT2D eigenvalue weighted by Gasteiger charge is -2.42. The van der Waals surface area contributed by atoms with Crippen LogP contribution in [0.5, 0.6) is 0 Å². The van der Waals surface area contributed by atoms with Crippen LogP contribution >= 0.6 is 11.6 Å². The van der Waals surface area contributed by atoms with E-state index in [0.29, 0.717) is 35.8 Å². The minimum absolute atomic E-state index is 0.108. The number of hydrogen-bond donors (Lipinski definition) is 0. The number of halogens is 1. The van der Waals surface area contributed by atoms with E-state index in [-0.39, 0.29) is 18.0 Å². The molecule has 2 amide bonds. The molecular formula is C22H25ClN2O3. The van der Waals surface area contributed by atoms with Crippen molar-refractivity contribution in [3.8, 4) is 0 Å². The van der Waals surface area contributed by atoms with E-state index in [1.54, 1.807) is 41.0 Å². The lowest BCUT2D eigenvalue weighted by molar-refractivity contribution is 0.0981. The van der Waals surface area contributed by atoms with Crippen molar-refractivity contribution < 1.29 is 14.3 Å². The molecule has 2 aromatic rings. The summed E-state index contributed by atoms with van der Waals surface area (Å²) in [5.41, 5.74) is 4.12. The van der Waals surface area contributed by atoms with Crippen LogP contribution in [-0.4, -0.2) is 31.2 Å². The summed E-state index contributed by atoms with van der Waals surface area (Å²) in [5.74, 6) is -0.108. The Hall–Kier alpha value is -2.53. The molecule has 28 heavy (non-hydrogen) atoms. The SMILES string of the molecule is CCOC(=O)N1c2cc(C)c(C)cc2N(C(=O)c2ccc(Cl)cc2)CC1CC. The maximum atomic E-state index is 13.3. The minimum Gasteiger partial charge on any atom is -0.449 e. The van der Waals surface area contributed by atoms with E-state index in [1.807, 2.05) is 32.9 Å². The smallest absolute Gasteiger partial charge is 0.414 e. The molecule has 1 aliphatic heterocycles. The number of ether oxygens (including phenoxy) is 1. The summed E-state index contributed by atoms with van der Waals surface area (Å²) < 4.78 is 5.30. The number of amides is 2. The summed E-state index contributed by atoms with van der Waals surface area (Å²) in [6.07, 6.45) is 0.327. The second kappa shape index (κ2) is 8.23. The molecule has 1 heterocycles. The molecule has 0 N–H and O–H groups in total. The third-order valence-corrected chi connectivity index (χ3v) is 5.42. The zero-order valence-electron chi connectivity index (χ0n) is 16.7. The average Bonchev–Trinajstić information content (AvgIpc) is 2.68. The Balaban J connectivity index is 2.11. The lowest BCUT2D eigenvalue weighted by atomic mass is 9.99. The van der Waals surface area contributed by atoms with Crippen LogP contribution in [0.3, 0.4) is 0 Å². The number of anilines is 2. The minimum atomic E-state index is -0.377. The zero-order valence-corrected chi connectivity index (χ0v) is 17.4. The van der Waals surface area contributed by atoms with Crippen molar-refractivity contribution in [2.24, 2.45) is 0 Å². The maximum absolute atomic E-state index is 13.3. The van der Waals surface area contributed by atoms with Gasteiger partial charge in [0.15, 0.2) is 0 Å². The Labute approximate surface area is 170 Å². The van der Waals surface area contributed by atoms with E-state index in [4.69, 9.17) is 16.3 Å². The Morgan fingerprint density at radius 2 is 1.68 bits per heavy atom. The fraction of sp³-hybridized carbons (Fsp3) is 0.364. The Bertz CT molecular complexity index is 895. The third-order valence-electron chi connectivity index (χ3n) is 5.17. The Kier molecular flexibility index (Phi) is 5.94. The van der Waals surface area contributed by atoms with E-state index in [1.165, 1.54) is 0 Å². The van der Waals surface area contributed by atoms with Crippen molar-refractivity contribution in [3.05, 3.63) is 58.1 Å². The molecule has 148 valence electrons. The van der Waals surface area contributed by atoms with E-state index >= 15 is 0 Å². The van der Waals surface area contributed by atoms with Gasteiger partial charge in [0, 0.05) is 17.1 Å². The summed E-state index contributed by atoms with van der Waals surface area (Å²) in [4.78, 5) is 29.4. The van der Waals surface area contributed by atoms with Crippen molar-refractivity contribution in [3.63, 3.8) is 0 Å². The first-order valence-electron chi connectivity index (χ1n) is 9.52. The highest BCUT2D eigenvalue weighted by Crippen LogP contribution is 2.39. The number of hydrogen-bond acceptors (Lipinski definition) is 3. The van der Waals surface area contributed by atoms with Crippen LogP contribution in [-0.2, 0) is 4.74 Å². The van der Waals surface area contributed by atoms with Gasteiger partial charge in [-0.25, -0.2) is 4.79 Å². The topological polar surface area (TPSA) is 49.9 Å². The lowest BCUT2D eigenvalue weighted by Crippen LogP contribution is -2.53. The first-order chi connectivity index (χ1) is 13.4. The summed E-state index contributed by atoms with van der Waals surface area (Å²) in [6.45, 7) is 8.51. The molecular weight excluding hydrogens is 376 g/mol. The van der Waals surface area contributed by atoms with Crippen LogP contribution in [0.2, 0.25) is 5.02 Å². The molecule has 0 fully saturated rings. The third kappa shape index (κ3) is 3.72. The summed E-state index contributed by atoms with van der Waals surface area (Å²) >= 11 is 5.97. The van der Waals surface area contributed by atoms with Gasteiger partial charge in [-0.05, 0) is 74.7 Å². The van der Waals surface area contributed by atoms with Crippen molar-refractivity contribution in [1.29, 1.82) is 0 Å². The van der Waals surface area contributed by atoms with Gasteiger partial charge >= 0.3 is 6.09 Å². The van der Waals surface area contributed by atoms with Gasteiger partial charge in [-0.3, -0.25) is 9.69 Å². The predicted molar refractivity (Wildman–Crippen MR) is 113 cm³/mol. The fourth-order valence-corrected chi connectivity index (χ4v) is 3.60. The molecule has 6 heteroatoms. The summed E-state index contributed by atoms with van der Waals surface area (Å²) in [7, 11) is 0. The molecule has 0 bridgehead atoms. The number of carbonyl (C=O) groups excluding carboxylic acids is 2. The molecule has 1 aliphatic rings. The van der Waals surface area contributed by atoms with E-state index < -0.39 is 0 Å². The molecule has 0 saturated carbocycles. The number of rotatable bonds is 3. The van der Waals surface area contributed by atoms with E-state index in [0.717, 1.165) is 16.8 Å². The van der Waals surface area contributed by atoms with Crippen LogP contribution in [0.15, 0.2) is 36.4 Å². The van der Waals surface area contributed by atoms with Crippen LogP contribution < -0.4 is 9.80 Å². The first kappa shape index (κ1) is 20.2. The monoisotopic (exact) mass is 400 g/mol. The van der Waals surface area contributed by atoms with Crippen molar-refractivity contribution in [2.45, 2.75) is 40.2 Å². The van der Waals surface area contributed by atoms with Crippen molar-refractivity contribution in [2.75, 3.05) is 23.0 Å². The molecule has 3 rings (SSSR count). The van der Waals surface area contributed by atoms with Gasteiger partial charge in [0.05, 0.1) is 24.0 Å². The van der Waals surface area contributed by atoms with Crippen molar-refractivity contribution >= 4 is 35.0 Å². The van der Waals surface area contributed by atoms with Gasteiger partial charge < -0.3 is 9.64 Å². The largest absolute Gasteiger partial charge is 0.449 e. The quantitative estimate of drug-likeness (QED) is 0.696. The number of aryl methyl sites for hydroxylation is 2. The van der Waals surface area contributed by atoms with Gasteiger partial charge in [0.25, 0.3) is 5.91 Å². The number of benzene rings is 2. The van der Waals surface area contributed by atoms with Crippen LogP contribution in [0.1, 0.15) is 41.8 Å². The van der Waals surface area contributed by atoms with Gasteiger partial charge in [0.2, 0.25) is 0 Å². The average molecular weight is 401 g/mol. The zero-order chi connectivity index (χ0) is 20.4. The molecule has 0 spiro atoms. The molecule has 0 aromatic heterocycles. The molecule has 0 radical (unpaired) electrons. The normalized spacial score (nSPS) is 16.0. The van der Waals surface area contributed by atoms with Gasteiger partial charge in [0.1, 0.15) is 0 Å². The number of carbonyl (C=O) groups is 2. The summed E-state index contributed by atoms with van der Waals surface area (Å²) in [5, 5.41) is 0.585. The highest BCUT2D eigenvalue weighted by Gasteiger charge is 2.37. The molecule has 0 saturated heterocycles. The molecule has 2 aromatic carbocycles. The van der Waals surface area contributed by atoms with Crippen molar-refractivity contribution in [1.82, 2.24) is 0 Å². The number of nitrogens with zero attached hydrogens (tertiary/aromatic N) is 2. The van der Waals surface area contributed by atoms with Crippen LogP contribution in [0, 0.1) is 13.8 Å². The highest BCUT2D eigenvalue weighted by molar-refractivity contribution is 6.30. The van der Waals surface area contributed by atoms with Gasteiger partial charge in [-0.1, -0.05) is 18.5 Å². The fourth-order valence-electron chi connectivity index (χ4n) is 3.48. The number of fused-ring (bicyclic) bond motifs is 1. The van der Waals surface area contributed by atoms with Gasteiger partial charge in [-0.15, -0.1) is 0 Å². The maximum Gasteiger partial charge on any atom is 0.414 e. The van der Waals surface area contributed by atoms with Crippen LogP contribution in [0.4, 0.5) is 16.2 Å². The second-order valence-corrected chi connectivity index (χ2v) is 7.42. The second-order valence-electron chi connectivity index (χ2n) is 6.98. The van der Waals surface area contributed by atoms with E-state index in [2.05, 4.69) is 0 Å². The van der Waals surface area contributed by atoms with E-state index in [9.17, 15) is 9.59 Å². The van der Waals surface area contributed by atoms with Crippen LogP contribution in [0.25, 0.3) is 0 Å². The highest BCUT2D eigenvalue weighted by atomic mass is 35.5. The molecule has 0 aliphatic carbocycles. The predicted octanol–water partition coefficient (Wildman–Crippen LogP) is 5.36. The summed E-state index contributed by atoms with van der Waals surface area (Å²) in [6, 6.07) is 10.6. The first-order valence-corrected chi connectivity index (χ1v) is 9.89. The Morgan fingerprint density at radius 3 is 2.25 bits per heavy atom. The molecule has 1 atom stereocenters. The van der Waals surface area contributed by atoms with Gasteiger partial charge in [-0.2, -0.15) is 0 Å².